The highest BCUT2D eigenvalue weighted by Gasteiger charge is 2.18. The molecule has 1 aromatic carbocycles. The van der Waals surface area contributed by atoms with Gasteiger partial charge in [-0.25, -0.2) is 8.78 Å². The highest BCUT2D eigenvalue weighted by atomic mass is 32.2. The predicted octanol–water partition coefficient (Wildman–Crippen LogP) is 2.69. The second-order valence-corrected chi connectivity index (χ2v) is 5.26. The van der Waals surface area contributed by atoms with Gasteiger partial charge in [0.25, 0.3) is 0 Å². The first kappa shape index (κ1) is 14.0. The Morgan fingerprint density at radius 3 is 2.65 bits per heavy atom. The maximum absolute atomic E-state index is 13.3. The maximum Gasteiger partial charge on any atom is 0.148 e. The number of hydrogen-bond acceptors (Lipinski definition) is 2. The molecule has 0 heterocycles. The molecule has 0 spiro atoms. The summed E-state index contributed by atoms with van der Waals surface area (Å²) < 4.78 is 37.9. The van der Waals surface area contributed by atoms with Crippen molar-refractivity contribution in [2.24, 2.45) is 5.92 Å². The lowest BCUT2D eigenvalue weighted by molar-refractivity contribution is -0.119. The van der Waals surface area contributed by atoms with Gasteiger partial charge in [-0.1, -0.05) is 13.8 Å². The molecule has 2 nitrogen and oxygen atoms in total. The number of benzene rings is 1. The van der Waals surface area contributed by atoms with Gasteiger partial charge in [0.05, 0.1) is 21.4 Å². The van der Waals surface area contributed by atoms with E-state index in [4.69, 9.17) is 0 Å². The average molecular weight is 260 g/mol. The lowest BCUT2D eigenvalue weighted by atomic mass is 10.1. The van der Waals surface area contributed by atoms with Crippen LogP contribution in [0, 0.1) is 17.6 Å². The fourth-order valence-electron chi connectivity index (χ4n) is 1.23. The van der Waals surface area contributed by atoms with E-state index in [0.717, 1.165) is 18.2 Å². The van der Waals surface area contributed by atoms with Gasteiger partial charge in [0, 0.05) is 5.92 Å². The monoisotopic (exact) mass is 260 g/mol. The van der Waals surface area contributed by atoms with E-state index in [9.17, 15) is 17.8 Å². The Bertz CT molecular complexity index is 446. The SMILES string of the molecule is CCC(C)C(=O)CS(=O)c1cc(F)ccc1F. The zero-order valence-corrected chi connectivity index (χ0v) is 10.5. The molecule has 1 rings (SSSR count). The van der Waals surface area contributed by atoms with Gasteiger partial charge in [-0.15, -0.1) is 0 Å². The van der Waals surface area contributed by atoms with Gasteiger partial charge in [0.1, 0.15) is 17.4 Å². The Kier molecular flexibility index (Phi) is 4.93. The second kappa shape index (κ2) is 6.00. The molecule has 5 heteroatoms. The third-order valence-electron chi connectivity index (χ3n) is 2.57. The van der Waals surface area contributed by atoms with Crippen molar-refractivity contribution >= 4 is 16.6 Å². The summed E-state index contributed by atoms with van der Waals surface area (Å²) in [4.78, 5) is 11.3. The van der Waals surface area contributed by atoms with Crippen molar-refractivity contribution in [3.8, 4) is 0 Å². The van der Waals surface area contributed by atoms with E-state index in [-0.39, 0.29) is 22.3 Å². The minimum Gasteiger partial charge on any atom is -0.298 e. The molecule has 2 atom stereocenters. The number of rotatable bonds is 5. The van der Waals surface area contributed by atoms with Crippen molar-refractivity contribution in [1.82, 2.24) is 0 Å². The third kappa shape index (κ3) is 3.70. The first-order valence-corrected chi connectivity index (χ1v) is 6.63. The highest BCUT2D eigenvalue weighted by Crippen LogP contribution is 2.15. The van der Waals surface area contributed by atoms with Crippen molar-refractivity contribution in [2.45, 2.75) is 25.2 Å². The molecule has 94 valence electrons. The van der Waals surface area contributed by atoms with Crippen LogP contribution < -0.4 is 0 Å². The Morgan fingerprint density at radius 2 is 2.06 bits per heavy atom. The number of carbonyl (C=O) groups excluding carboxylic acids is 1. The smallest absolute Gasteiger partial charge is 0.148 e. The number of Topliss-reactive ketones (excluding diaryl/α,β-unsaturated/α-hetero) is 1. The summed E-state index contributed by atoms with van der Waals surface area (Å²) in [5.74, 6) is -2.09. The largest absolute Gasteiger partial charge is 0.298 e. The van der Waals surface area contributed by atoms with E-state index in [2.05, 4.69) is 0 Å². The Labute approximate surface area is 101 Å². The van der Waals surface area contributed by atoms with Crippen LogP contribution in [0.5, 0.6) is 0 Å². The normalized spacial score (nSPS) is 14.4. The molecule has 0 N–H and O–H groups in total. The lowest BCUT2D eigenvalue weighted by Crippen LogP contribution is -2.18. The summed E-state index contributed by atoms with van der Waals surface area (Å²) in [5, 5.41) is 0. The molecular weight excluding hydrogens is 246 g/mol. The minimum atomic E-state index is -1.82. The lowest BCUT2D eigenvalue weighted by Gasteiger charge is -2.07. The fourth-order valence-corrected chi connectivity index (χ4v) is 2.46. The molecule has 17 heavy (non-hydrogen) atoms. The zero-order valence-electron chi connectivity index (χ0n) is 9.70. The van der Waals surface area contributed by atoms with Gasteiger partial charge < -0.3 is 0 Å². The van der Waals surface area contributed by atoms with Gasteiger partial charge in [-0.05, 0) is 24.6 Å². The molecule has 2 unspecified atom stereocenters. The van der Waals surface area contributed by atoms with Gasteiger partial charge in [0.2, 0.25) is 0 Å². The maximum atomic E-state index is 13.3. The van der Waals surface area contributed by atoms with Gasteiger partial charge in [-0.3, -0.25) is 9.00 Å². The van der Waals surface area contributed by atoms with Crippen LogP contribution in [0.4, 0.5) is 8.78 Å². The fraction of sp³-hybridized carbons (Fsp3) is 0.417. The number of hydrogen-bond donors (Lipinski definition) is 0. The Balaban J connectivity index is 2.83. The van der Waals surface area contributed by atoms with Crippen LogP contribution in [0.3, 0.4) is 0 Å². The van der Waals surface area contributed by atoms with Crippen LogP contribution in [0.2, 0.25) is 0 Å². The Morgan fingerprint density at radius 1 is 1.41 bits per heavy atom. The van der Waals surface area contributed by atoms with E-state index in [1.54, 1.807) is 6.92 Å². The highest BCUT2D eigenvalue weighted by molar-refractivity contribution is 7.85. The van der Waals surface area contributed by atoms with Crippen molar-refractivity contribution in [2.75, 3.05) is 5.75 Å². The van der Waals surface area contributed by atoms with E-state index in [0.29, 0.717) is 6.42 Å². The van der Waals surface area contributed by atoms with Crippen LogP contribution in [0.1, 0.15) is 20.3 Å². The van der Waals surface area contributed by atoms with Crippen LogP contribution in [-0.2, 0) is 15.6 Å². The van der Waals surface area contributed by atoms with Gasteiger partial charge in [-0.2, -0.15) is 0 Å². The van der Waals surface area contributed by atoms with Gasteiger partial charge >= 0.3 is 0 Å². The van der Waals surface area contributed by atoms with Crippen molar-refractivity contribution in [3.05, 3.63) is 29.8 Å². The second-order valence-electron chi connectivity index (χ2n) is 3.84. The Hall–Kier alpha value is -1.10. The van der Waals surface area contributed by atoms with Crippen LogP contribution in [0.15, 0.2) is 23.1 Å². The summed E-state index contributed by atoms with van der Waals surface area (Å²) in [6.07, 6.45) is 0.641. The van der Waals surface area contributed by atoms with Crippen LogP contribution in [-0.4, -0.2) is 15.7 Å². The molecule has 0 saturated carbocycles. The molecule has 1 aromatic rings. The molecule has 0 aromatic heterocycles. The van der Waals surface area contributed by atoms with Crippen molar-refractivity contribution < 1.29 is 17.8 Å². The first-order valence-electron chi connectivity index (χ1n) is 5.31. The van der Waals surface area contributed by atoms with E-state index in [1.165, 1.54) is 0 Å². The molecule has 0 aliphatic rings. The molecule has 0 amide bonds. The molecule has 0 radical (unpaired) electrons. The number of halogens is 2. The summed E-state index contributed by atoms with van der Waals surface area (Å²) in [7, 11) is -1.82. The number of ketones is 1. The first-order chi connectivity index (χ1) is 7.95. The van der Waals surface area contributed by atoms with Crippen LogP contribution in [0.25, 0.3) is 0 Å². The van der Waals surface area contributed by atoms with E-state index < -0.39 is 22.4 Å². The summed E-state index contributed by atoms with van der Waals surface area (Å²) in [6, 6.07) is 2.73. The summed E-state index contributed by atoms with van der Waals surface area (Å²) in [6.45, 7) is 3.57. The van der Waals surface area contributed by atoms with Crippen LogP contribution >= 0.6 is 0 Å². The third-order valence-corrected chi connectivity index (χ3v) is 3.92. The number of carbonyl (C=O) groups is 1. The zero-order chi connectivity index (χ0) is 13.0. The van der Waals surface area contributed by atoms with E-state index >= 15 is 0 Å². The summed E-state index contributed by atoms with van der Waals surface area (Å²) >= 11 is 0. The molecule has 0 saturated heterocycles. The quantitative estimate of drug-likeness (QED) is 0.815. The molecule has 0 bridgehead atoms. The minimum absolute atomic E-state index is 0.200. The topological polar surface area (TPSA) is 34.1 Å². The average Bonchev–Trinajstić information content (AvgIpc) is 2.30. The molecule has 0 fully saturated rings. The van der Waals surface area contributed by atoms with Crippen molar-refractivity contribution in [1.29, 1.82) is 0 Å². The van der Waals surface area contributed by atoms with Gasteiger partial charge in [0.15, 0.2) is 0 Å². The van der Waals surface area contributed by atoms with Crippen molar-refractivity contribution in [3.63, 3.8) is 0 Å². The molecular formula is C12H14F2O2S. The molecule has 0 aliphatic heterocycles. The molecule has 0 aliphatic carbocycles. The predicted molar refractivity (Wildman–Crippen MR) is 62.1 cm³/mol. The van der Waals surface area contributed by atoms with E-state index in [1.807, 2.05) is 6.92 Å². The summed E-state index contributed by atoms with van der Waals surface area (Å²) in [5.41, 5.74) is 0. The standard InChI is InChI=1S/C12H14F2O2S/c1-3-8(2)11(15)7-17(16)12-6-9(13)4-5-10(12)14/h4-6,8H,3,7H2,1-2H3.